The van der Waals surface area contributed by atoms with Crippen molar-refractivity contribution < 1.29 is 13.2 Å². The average Bonchev–Trinajstić information content (AvgIpc) is 2.33. The summed E-state index contributed by atoms with van der Waals surface area (Å²) in [7, 11) is -2.20. The second-order valence-electron chi connectivity index (χ2n) is 5.07. The van der Waals surface area contributed by atoms with Gasteiger partial charge in [0.15, 0.2) is 0 Å². The van der Waals surface area contributed by atoms with Crippen LogP contribution < -0.4 is 15.8 Å². The molecule has 0 atom stereocenters. The minimum atomic E-state index is -3.82. The molecule has 4 N–H and O–H groups in total. The third-order valence-electron chi connectivity index (χ3n) is 2.84. The summed E-state index contributed by atoms with van der Waals surface area (Å²) in [6, 6.07) is 4.85. The summed E-state index contributed by atoms with van der Waals surface area (Å²) >= 11 is 0. The van der Waals surface area contributed by atoms with Crippen molar-refractivity contribution in [2.24, 2.45) is 11.1 Å². The zero-order chi connectivity index (χ0) is 15.3. The van der Waals surface area contributed by atoms with Crippen molar-refractivity contribution in [3.8, 4) is 0 Å². The molecule has 0 aliphatic carbocycles. The molecule has 0 spiro atoms. The fourth-order valence-corrected chi connectivity index (χ4v) is 2.69. The standard InChI is InChI=1S/C13H23N3O3S/c1-10(2)9-16(7-8-19-3)11-5-4-6-12(13(11)14)20(15,17)18/h4-6,10H,7-9,14H2,1-3H3,(H2,15,17,18). The van der Waals surface area contributed by atoms with E-state index in [9.17, 15) is 8.42 Å². The molecule has 0 aliphatic rings. The lowest BCUT2D eigenvalue weighted by molar-refractivity contribution is 0.204. The number of rotatable bonds is 7. The number of sulfonamides is 1. The molecule has 0 amide bonds. The number of nitrogen functional groups attached to an aromatic ring is 1. The molecular formula is C13H23N3O3S. The first kappa shape index (κ1) is 16.7. The Labute approximate surface area is 120 Å². The van der Waals surface area contributed by atoms with Crippen LogP contribution in [-0.4, -0.2) is 35.2 Å². The first-order valence-corrected chi connectivity index (χ1v) is 7.97. The van der Waals surface area contributed by atoms with E-state index in [0.29, 0.717) is 24.8 Å². The Morgan fingerprint density at radius 2 is 2.00 bits per heavy atom. The number of para-hydroxylation sites is 1. The van der Waals surface area contributed by atoms with Gasteiger partial charge in [-0.05, 0) is 18.1 Å². The van der Waals surface area contributed by atoms with Crippen LogP contribution in [0, 0.1) is 5.92 Å². The quantitative estimate of drug-likeness (QED) is 0.733. The van der Waals surface area contributed by atoms with Crippen molar-refractivity contribution in [2.45, 2.75) is 18.7 Å². The van der Waals surface area contributed by atoms with E-state index < -0.39 is 10.0 Å². The summed E-state index contributed by atoms with van der Waals surface area (Å²) in [6.07, 6.45) is 0. The first-order valence-electron chi connectivity index (χ1n) is 6.42. The lowest BCUT2D eigenvalue weighted by Gasteiger charge is -2.28. The molecule has 0 radical (unpaired) electrons. The Morgan fingerprint density at radius 1 is 1.35 bits per heavy atom. The molecule has 7 heteroatoms. The second-order valence-corrected chi connectivity index (χ2v) is 6.60. The van der Waals surface area contributed by atoms with Gasteiger partial charge < -0.3 is 15.4 Å². The molecule has 1 aromatic carbocycles. The molecule has 114 valence electrons. The third-order valence-corrected chi connectivity index (χ3v) is 3.81. The Morgan fingerprint density at radius 3 is 2.50 bits per heavy atom. The molecule has 0 aliphatic heterocycles. The van der Waals surface area contributed by atoms with E-state index in [0.717, 1.165) is 6.54 Å². The van der Waals surface area contributed by atoms with Crippen LogP contribution >= 0.6 is 0 Å². The molecule has 0 fully saturated rings. The number of hydrogen-bond donors (Lipinski definition) is 2. The molecule has 6 nitrogen and oxygen atoms in total. The normalized spacial score (nSPS) is 11.8. The molecule has 0 aromatic heterocycles. The number of benzene rings is 1. The Balaban J connectivity index is 3.19. The number of nitrogens with zero attached hydrogens (tertiary/aromatic N) is 1. The van der Waals surface area contributed by atoms with Gasteiger partial charge >= 0.3 is 0 Å². The molecule has 20 heavy (non-hydrogen) atoms. The summed E-state index contributed by atoms with van der Waals surface area (Å²) in [5, 5.41) is 5.18. The summed E-state index contributed by atoms with van der Waals surface area (Å²) in [5.74, 6) is 0.407. The average molecular weight is 301 g/mol. The van der Waals surface area contributed by atoms with Crippen LogP contribution in [0.3, 0.4) is 0 Å². The number of anilines is 2. The first-order chi connectivity index (χ1) is 9.27. The summed E-state index contributed by atoms with van der Waals surface area (Å²) < 4.78 is 28.1. The van der Waals surface area contributed by atoms with Crippen LogP contribution in [0.4, 0.5) is 11.4 Å². The van der Waals surface area contributed by atoms with Crippen LogP contribution in [0.2, 0.25) is 0 Å². The highest BCUT2D eigenvalue weighted by Gasteiger charge is 2.18. The maximum absolute atomic E-state index is 11.5. The summed E-state index contributed by atoms with van der Waals surface area (Å²) in [4.78, 5) is 1.97. The Bertz CT molecular complexity index is 544. The lowest BCUT2D eigenvalue weighted by Crippen LogP contribution is -2.32. The van der Waals surface area contributed by atoms with Gasteiger partial charge in [-0.25, -0.2) is 13.6 Å². The van der Waals surface area contributed by atoms with Crippen LogP contribution in [0.1, 0.15) is 13.8 Å². The maximum Gasteiger partial charge on any atom is 0.240 e. The van der Waals surface area contributed by atoms with Gasteiger partial charge in [0.25, 0.3) is 0 Å². The van der Waals surface area contributed by atoms with Gasteiger partial charge in [-0.2, -0.15) is 0 Å². The lowest BCUT2D eigenvalue weighted by atomic mass is 10.1. The van der Waals surface area contributed by atoms with Crippen LogP contribution in [-0.2, 0) is 14.8 Å². The van der Waals surface area contributed by atoms with Gasteiger partial charge in [0, 0.05) is 20.2 Å². The molecular weight excluding hydrogens is 278 g/mol. The zero-order valence-corrected chi connectivity index (χ0v) is 13.0. The Hall–Kier alpha value is -1.31. The minimum Gasteiger partial charge on any atom is -0.396 e. The van der Waals surface area contributed by atoms with Gasteiger partial charge in [0.05, 0.1) is 18.0 Å². The van der Waals surface area contributed by atoms with E-state index in [1.165, 1.54) is 6.07 Å². The number of hydrogen-bond acceptors (Lipinski definition) is 5. The van der Waals surface area contributed by atoms with Gasteiger partial charge in [-0.15, -0.1) is 0 Å². The molecule has 1 rings (SSSR count). The predicted octanol–water partition coefficient (Wildman–Crippen LogP) is 1.03. The van der Waals surface area contributed by atoms with Gasteiger partial charge in [0.1, 0.15) is 4.90 Å². The molecule has 0 saturated heterocycles. The van der Waals surface area contributed by atoms with E-state index in [1.807, 2.05) is 4.90 Å². The molecule has 1 aromatic rings. The van der Waals surface area contributed by atoms with E-state index in [1.54, 1.807) is 19.2 Å². The summed E-state index contributed by atoms with van der Waals surface area (Å²) in [6.45, 7) is 6.08. The highest BCUT2D eigenvalue weighted by molar-refractivity contribution is 7.89. The van der Waals surface area contributed by atoms with E-state index in [-0.39, 0.29) is 10.6 Å². The van der Waals surface area contributed by atoms with Crippen molar-refractivity contribution in [3.63, 3.8) is 0 Å². The number of nitrogens with two attached hydrogens (primary N) is 2. The monoisotopic (exact) mass is 301 g/mol. The van der Waals surface area contributed by atoms with Crippen LogP contribution in [0.15, 0.2) is 23.1 Å². The topological polar surface area (TPSA) is 98.6 Å². The van der Waals surface area contributed by atoms with Gasteiger partial charge in [-0.1, -0.05) is 19.9 Å². The highest BCUT2D eigenvalue weighted by Crippen LogP contribution is 2.29. The van der Waals surface area contributed by atoms with Crippen LogP contribution in [0.5, 0.6) is 0 Å². The number of methoxy groups -OCH3 is 1. The van der Waals surface area contributed by atoms with Crippen molar-refractivity contribution in [3.05, 3.63) is 18.2 Å². The predicted molar refractivity (Wildman–Crippen MR) is 81.2 cm³/mol. The fraction of sp³-hybridized carbons (Fsp3) is 0.538. The summed E-state index contributed by atoms with van der Waals surface area (Å²) in [5.41, 5.74) is 6.83. The highest BCUT2D eigenvalue weighted by atomic mass is 32.2. The third kappa shape index (κ3) is 4.36. The molecule has 0 saturated carbocycles. The van der Waals surface area contributed by atoms with Crippen LogP contribution in [0.25, 0.3) is 0 Å². The zero-order valence-electron chi connectivity index (χ0n) is 12.2. The number of primary sulfonamides is 1. The van der Waals surface area contributed by atoms with E-state index in [2.05, 4.69) is 13.8 Å². The fourth-order valence-electron chi connectivity index (χ4n) is 2.01. The van der Waals surface area contributed by atoms with E-state index >= 15 is 0 Å². The second kappa shape index (κ2) is 6.92. The van der Waals surface area contributed by atoms with Crippen molar-refractivity contribution in [1.29, 1.82) is 0 Å². The Kier molecular flexibility index (Phi) is 5.79. The van der Waals surface area contributed by atoms with Gasteiger partial charge in [0.2, 0.25) is 10.0 Å². The number of ether oxygens (including phenoxy) is 1. The van der Waals surface area contributed by atoms with Crippen molar-refractivity contribution in [1.82, 2.24) is 0 Å². The van der Waals surface area contributed by atoms with Gasteiger partial charge in [-0.3, -0.25) is 0 Å². The van der Waals surface area contributed by atoms with E-state index in [4.69, 9.17) is 15.6 Å². The minimum absolute atomic E-state index is 0.0406. The van der Waals surface area contributed by atoms with Crippen molar-refractivity contribution >= 4 is 21.4 Å². The smallest absolute Gasteiger partial charge is 0.240 e. The largest absolute Gasteiger partial charge is 0.396 e. The molecule has 0 heterocycles. The molecule has 0 unspecified atom stereocenters. The SMILES string of the molecule is COCCN(CC(C)C)c1cccc(S(N)(=O)=O)c1N. The maximum atomic E-state index is 11.5. The van der Waals surface area contributed by atoms with Crippen molar-refractivity contribution in [2.75, 3.05) is 37.4 Å². The molecule has 0 bridgehead atoms.